The molecule has 0 aromatic rings. The third kappa shape index (κ3) is 6.98. The fourth-order valence-corrected chi connectivity index (χ4v) is 2.91. The van der Waals surface area contributed by atoms with E-state index in [-0.39, 0.29) is 5.92 Å². The molecule has 112 valence electrons. The fourth-order valence-electron chi connectivity index (χ4n) is 2.91. The van der Waals surface area contributed by atoms with Gasteiger partial charge in [-0.3, -0.25) is 4.79 Å². The van der Waals surface area contributed by atoms with Crippen molar-refractivity contribution >= 4 is 5.91 Å². The summed E-state index contributed by atoms with van der Waals surface area (Å²) in [5.74, 6) is 0.666. The minimum Gasteiger partial charge on any atom is -0.342 e. The first kappa shape index (κ1) is 16.5. The number of hydrogen-bond acceptors (Lipinski definition) is 1. The molecule has 1 rings (SSSR count). The highest BCUT2D eigenvalue weighted by Gasteiger charge is 2.26. The highest BCUT2D eigenvalue weighted by Crippen LogP contribution is 2.18. The molecular formula is C17H33NO. The zero-order valence-corrected chi connectivity index (χ0v) is 13.1. The molecule has 0 N–H and O–H groups in total. The second-order valence-electron chi connectivity index (χ2n) is 6.20. The average molecular weight is 267 g/mol. The molecule has 1 fully saturated rings. The molecule has 0 radical (unpaired) electrons. The molecule has 0 bridgehead atoms. The molecule has 19 heavy (non-hydrogen) atoms. The molecule has 0 aliphatic carbocycles. The Labute approximate surface area is 119 Å². The Balaban J connectivity index is 1.83. The highest BCUT2D eigenvalue weighted by atomic mass is 16.2. The number of hydrogen-bond donors (Lipinski definition) is 0. The Morgan fingerprint density at radius 1 is 0.947 bits per heavy atom. The van der Waals surface area contributed by atoms with Crippen molar-refractivity contribution in [1.82, 2.24) is 4.90 Å². The van der Waals surface area contributed by atoms with E-state index in [1.807, 2.05) is 0 Å². The maximum atomic E-state index is 11.7. The Hall–Kier alpha value is -0.530. The molecule has 0 aromatic heterocycles. The summed E-state index contributed by atoms with van der Waals surface area (Å²) >= 11 is 0. The van der Waals surface area contributed by atoms with Crippen molar-refractivity contribution < 1.29 is 4.79 Å². The minimum atomic E-state index is 0.281. The van der Waals surface area contributed by atoms with Gasteiger partial charge in [0.1, 0.15) is 0 Å². The van der Waals surface area contributed by atoms with Gasteiger partial charge in [-0.25, -0.2) is 0 Å². The van der Waals surface area contributed by atoms with E-state index in [1.54, 1.807) is 0 Å². The zero-order valence-electron chi connectivity index (χ0n) is 13.1. The summed E-state index contributed by atoms with van der Waals surface area (Å²) in [4.78, 5) is 13.8. The van der Waals surface area contributed by atoms with Crippen molar-refractivity contribution in [2.75, 3.05) is 13.1 Å². The number of nitrogens with zero attached hydrogens (tertiary/aromatic N) is 1. The fraction of sp³-hybridized carbons (Fsp3) is 0.941. The molecule has 2 nitrogen and oxygen atoms in total. The summed E-state index contributed by atoms with van der Waals surface area (Å²) < 4.78 is 0. The Bertz CT molecular complexity index is 239. The quantitative estimate of drug-likeness (QED) is 0.493. The third-order valence-electron chi connectivity index (χ3n) is 4.35. The second-order valence-corrected chi connectivity index (χ2v) is 6.20. The summed E-state index contributed by atoms with van der Waals surface area (Å²) in [6.45, 7) is 6.32. The monoisotopic (exact) mass is 267 g/mol. The van der Waals surface area contributed by atoms with Crippen LogP contribution in [-0.2, 0) is 4.79 Å². The molecule has 2 heteroatoms. The SMILES string of the molecule is CCCCCCCCCCCCN1CCC(C)C1=O. The van der Waals surface area contributed by atoms with Crippen LogP contribution < -0.4 is 0 Å². The molecule has 1 aliphatic rings. The first-order chi connectivity index (χ1) is 9.25. The maximum Gasteiger partial charge on any atom is 0.225 e. The molecule has 0 saturated carbocycles. The van der Waals surface area contributed by atoms with Gasteiger partial charge in [0.25, 0.3) is 0 Å². The molecular weight excluding hydrogens is 234 g/mol. The smallest absolute Gasteiger partial charge is 0.225 e. The second kappa shape index (κ2) is 10.3. The van der Waals surface area contributed by atoms with Gasteiger partial charge in [-0.2, -0.15) is 0 Å². The van der Waals surface area contributed by atoms with Gasteiger partial charge in [0.15, 0.2) is 0 Å². The average Bonchev–Trinajstić information content (AvgIpc) is 2.73. The van der Waals surface area contributed by atoms with Crippen LogP contribution in [0.15, 0.2) is 0 Å². The topological polar surface area (TPSA) is 20.3 Å². The zero-order chi connectivity index (χ0) is 13.9. The largest absolute Gasteiger partial charge is 0.342 e. The summed E-state index contributed by atoms with van der Waals surface area (Å²) in [5, 5.41) is 0. The minimum absolute atomic E-state index is 0.281. The number of rotatable bonds is 11. The molecule has 1 unspecified atom stereocenters. The van der Waals surface area contributed by atoms with Crippen LogP contribution in [-0.4, -0.2) is 23.9 Å². The van der Waals surface area contributed by atoms with Crippen LogP contribution in [0.5, 0.6) is 0 Å². The van der Waals surface area contributed by atoms with E-state index in [0.29, 0.717) is 5.91 Å². The van der Waals surface area contributed by atoms with E-state index >= 15 is 0 Å². The van der Waals surface area contributed by atoms with Gasteiger partial charge in [-0.1, -0.05) is 71.6 Å². The third-order valence-corrected chi connectivity index (χ3v) is 4.35. The maximum absolute atomic E-state index is 11.7. The van der Waals surface area contributed by atoms with Crippen LogP contribution in [0.3, 0.4) is 0 Å². The van der Waals surface area contributed by atoms with E-state index in [1.165, 1.54) is 64.2 Å². The van der Waals surface area contributed by atoms with Crippen LogP contribution in [0.25, 0.3) is 0 Å². The predicted molar refractivity (Wildman–Crippen MR) is 82.2 cm³/mol. The molecule has 0 aromatic carbocycles. The first-order valence-corrected chi connectivity index (χ1v) is 8.54. The van der Waals surface area contributed by atoms with E-state index in [9.17, 15) is 4.79 Å². The van der Waals surface area contributed by atoms with Crippen molar-refractivity contribution in [2.45, 2.75) is 84.5 Å². The summed E-state index contributed by atoms with van der Waals surface area (Å²) in [5.41, 5.74) is 0. The summed E-state index contributed by atoms with van der Waals surface area (Å²) in [7, 11) is 0. The van der Waals surface area contributed by atoms with Gasteiger partial charge in [0.2, 0.25) is 5.91 Å². The standard InChI is InChI=1S/C17H33NO/c1-3-4-5-6-7-8-9-10-11-12-14-18-15-13-16(2)17(18)19/h16H,3-15H2,1-2H3. The van der Waals surface area contributed by atoms with Crippen molar-refractivity contribution in [3.63, 3.8) is 0 Å². The van der Waals surface area contributed by atoms with Crippen LogP contribution in [0.2, 0.25) is 0 Å². The van der Waals surface area contributed by atoms with E-state index in [4.69, 9.17) is 0 Å². The lowest BCUT2D eigenvalue weighted by atomic mass is 10.1. The molecule has 1 atom stereocenters. The first-order valence-electron chi connectivity index (χ1n) is 8.54. The van der Waals surface area contributed by atoms with Gasteiger partial charge in [-0.05, 0) is 12.8 Å². The lowest BCUT2D eigenvalue weighted by Crippen LogP contribution is -2.27. The predicted octanol–water partition coefficient (Wildman–Crippen LogP) is 4.78. The number of carbonyl (C=O) groups is 1. The molecule has 1 heterocycles. The van der Waals surface area contributed by atoms with Crippen molar-refractivity contribution in [1.29, 1.82) is 0 Å². The number of likely N-dealkylation sites (tertiary alicyclic amines) is 1. The lowest BCUT2D eigenvalue weighted by Gasteiger charge is -2.15. The molecule has 0 spiro atoms. The van der Waals surface area contributed by atoms with E-state index in [0.717, 1.165) is 19.5 Å². The van der Waals surface area contributed by atoms with Crippen LogP contribution in [0.4, 0.5) is 0 Å². The highest BCUT2D eigenvalue weighted by molar-refractivity contribution is 5.80. The number of unbranched alkanes of at least 4 members (excludes halogenated alkanes) is 9. The van der Waals surface area contributed by atoms with Gasteiger partial charge in [0, 0.05) is 19.0 Å². The van der Waals surface area contributed by atoms with Gasteiger partial charge >= 0.3 is 0 Å². The van der Waals surface area contributed by atoms with Crippen molar-refractivity contribution in [3.05, 3.63) is 0 Å². The Morgan fingerprint density at radius 3 is 1.95 bits per heavy atom. The van der Waals surface area contributed by atoms with E-state index < -0.39 is 0 Å². The summed E-state index contributed by atoms with van der Waals surface area (Å²) in [6.07, 6.45) is 14.7. The molecule has 1 aliphatic heterocycles. The van der Waals surface area contributed by atoms with Crippen LogP contribution >= 0.6 is 0 Å². The van der Waals surface area contributed by atoms with Crippen LogP contribution in [0, 0.1) is 5.92 Å². The Kier molecular flexibility index (Phi) is 8.94. The number of amides is 1. The van der Waals surface area contributed by atoms with E-state index in [2.05, 4.69) is 18.7 Å². The number of carbonyl (C=O) groups excluding carboxylic acids is 1. The Morgan fingerprint density at radius 2 is 1.47 bits per heavy atom. The van der Waals surface area contributed by atoms with Crippen molar-refractivity contribution in [2.24, 2.45) is 5.92 Å². The molecule has 1 saturated heterocycles. The van der Waals surface area contributed by atoms with Gasteiger partial charge in [-0.15, -0.1) is 0 Å². The molecule has 1 amide bonds. The normalized spacial score (nSPS) is 19.4. The van der Waals surface area contributed by atoms with Gasteiger partial charge < -0.3 is 4.90 Å². The van der Waals surface area contributed by atoms with Crippen LogP contribution in [0.1, 0.15) is 84.5 Å². The lowest BCUT2D eigenvalue weighted by molar-refractivity contribution is -0.130. The van der Waals surface area contributed by atoms with Gasteiger partial charge in [0.05, 0.1) is 0 Å². The van der Waals surface area contributed by atoms with Crippen molar-refractivity contribution in [3.8, 4) is 0 Å². The summed E-state index contributed by atoms with van der Waals surface area (Å²) in [6, 6.07) is 0.